The fourth-order valence-corrected chi connectivity index (χ4v) is 3.29. The molecule has 0 spiro atoms. The van der Waals surface area contributed by atoms with Gasteiger partial charge in [-0.05, 0) is 39.7 Å². The maximum atomic E-state index is 10.1. The van der Waals surface area contributed by atoms with Crippen molar-refractivity contribution < 1.29 is 5.11 Å². The Balaban J connectivity index is 2.14. The van der Waals surface area contributed by atoms with Crippen molar-refractivity contribution in [3.05, 3.63) is 55.6 Å². The van der Waals surface area contributed by atoms with Crippen LogP contribution in [-0.4, -0.2) is 5.11 Å². The predicted molar refractivity (Wildman–Crippen MR) is 72.1 cm³/mol. The molecule has 1 aromatic carbocycles. The van der Waals surface area contributed by atoms with Crippen molar-refractivity contribution in [1.29, 1.82) is 0 Å². The molecule has 1 N–H and O–H groups in total. The largest absolute Gasteiger partial charge is 0.388 e. The van der Waals surface area contributed by atoms with E-state index in [2.05, 4.69) is 15.9 Å². The number of aliphatic hydroxyl groups is 1. The number of rotatable bonds is 3. The second kappa shape index (κ2) is 5.32. The third-order valence-electron chi connectivity index (χ3n) is 2.29. The third kappa shape index (κ3) is 2.86. The summed E-state index contributed by atoms with van der Waals surface area (Å²) >= 11 is 11.1. The van der Waals surface area contributed by atoms with Crippen molar-refractivity contribution >= 4 is 38.9 Å². The topological polar surface area (TPSA) is 20.2 Å². The van der Waals surface area contributed by atoms with Crippen LogP contribution in [0.5, 0.6) is 0 Å². The second-order valence-electron chi connectivity index (χ2n) is 3.45. The van der Waals surface area contributed by atoms with Crippen molar-refractivity contribution in [2.75, 3.05) is 0 Å². The van der Waals surface area contributed by atoms with Gasteiger partial charge in [-0.15, -0.1) is 11.3 Å². The molecule has 2 rings (SSSR count). The Morgan fingerprint density at radius 1 is 1.25 bits per heavy atom. The number of halogens is 2. The molecular weight excluding hydrogens is 308 g/mol. The second-order valence-corrected chi connectivity index (χ2v) is 6.40. The van der Waals surface area contributed by atoms with Gasteiger partial charge in [0, 0.05) is 16.3 Å². The smallest absolute Gasteiger partial charge is 0.0852 e. The molecule has 0 aliphatic carbocycles. The Bertz CT molecular complexity index is 483. The third-order valence-corrected chi connectivity index (χ3v) is 4.28. The number of hydrogen-bond donors (Lipinski definition) is 1. The van der Waals surface area contributed by atoms with Crippen molar-refractivity contribution in [1.82, 2.24) is 0 Å². The summed E-state index contributed by atoms with van der Waals surface area (Å²) < 4.78 is 1.08. The molecule has 16 heavy (non-hydrogen) atoms. The van der Waals surface area contributed by atoms with Gasteiger partial charge in [0.1, 0.15) is 0 Å². The minimum Gasteiger partial charge on any atom is -0.388 e. The Kier molecular flexibility index (Phi) is 4.03. The van der Waals surface area contributed by atoms with Gasteiger partial charge >= 0.3 is 0 Å². The number of benzene rings is 1. The predicted octanol–water partition coefficient (Wildman–Crippen LogP) is 4.44. The van der Waals surface area contributed by atoms with E-state index in [9.17, 15) is 5.11 Å². The minimum absolute atomic E-state index is 0.542. The summed E-state index contributed by atoms with van der Waals surface area (Å²) in [5.41, 5.74) is 0.786. The fourth-order valence-electron chi connectivity index (χ4n) is 1.51. The number of aliphatic hydroxyl groups excluding tert-OH is 1. The van der Waals surface area contributed by atoms with Crippen LogP contribution in [0.25, 0.3) is 0 Å². The van der Waals surface area contributed by atoms with E-state index in [4.69, 9.17) is 11.6 Å². The first-order chi connectivity index (χ1) is 7.66. The van der Waals surface area contributed by atoms with E-state index >= 15 is 0 Å². The quantitative estimate of drug-likeness (QED) is 0.887. The van der Waals surface area contributed by atoms with E-state index in [1.807, 2.05) is 30.3 Å². The average Bonchev–Trinajstić information content (AvgIpc) is 2.64. The normalized spacial score (nSPS) is 12.7. The molecule has 1 aromatic heterocycles. The van der Waals surface area contributed by atoms with Gasteiger partial charge in [-0.25, -0.2) is 0 Å². The molecule has 0 aliphatic heterocycles. The SMILES string of the molecule is OC(Cc1ccc(Br)s1)c1ccccc1Cl. The highest BCUT2D eigenvalue weighted by atomic mass is 79.9. The summed E-state index contributed by atoms with van der Waals surface area (Å²) in [4.78, 5) is 1.14. The van der Waals surface area contributed by atoms with Crippen LogP contribution >= 0.6 is 38.9 Å². The summed E-state index contributed by atoms with van der Waals surface area (Å²) in [6.45, 7) is 0. The van der Waals surface area contributed by atoms with E-state index in [0.717, 1.165) is 14.2 Å². The molecule has 0 bridgehead atoms. The van der Waals surface area contributed by atoms with Crippen LogP contribution in [0.3, 0.4) is 0 Å². The summed E-state index contributed by atoms with van der Waals surface area (Å²) in [5.74, 6) is 0. The molecule has 0 fully saturated rings. The Morgan fingerprint density at radius 3 is 2.62 bits per heavy atom. The zero-order valence-corrected chi connectivity index (χ0v) is 11.5. The lowest BCUT2D eigenvalue weighted by atomic mass is 10.1. The average molecular weight is 318 g/mol. The molecule has 1 nitrogen and oxygen atoms in total. The maximum Gasteiger partial charge on any atom is 0.0852 e. The lowest BCUT2D eigenvalue weighted by Crippen LogP contribution is -2.00. The van der Waals surface area contributed by atoms with Crippen molar-refractivity contribution in [3.8, 4) is 0 Å². The van der Waals surface area contributed by atoms with E-state index < -0.39 is 6.10 Å². The first kappa shape index (κ1) is 12.1. The van der Waals surface area contributed by atoms with E-state index in [-0.39, 0.29) is 0 Å². The fraction of sp³-hybridized carbons (Fsp3) is 0.167. The molecule has 0 radical (unpaired) electrons. The van der Waals surface area contributed by atoms with Crippen LogP contribution < -0.4 is 0 Å². The van der Waals surface area contributed by atoms with Gasteiger partial charge in [0.05, 0.1) is 9.89 Å². The van der Waals surface area contributed by atoms with Crippen LogP contribution in [0.15, 0.2) is 40.2 Å². The maximum absolute atomic E-state index is 10.1. The monoisotopic (exact) mass is 316 g/mol. The molecule has 0 amide bonds. The molecule has 0 saturated heterocycles. The first-order valence-electron chi connectivity index (χ1n) is 4.83. The molecule has 1 unspecified atom stereocenters. The van der Waals surface area contributed by atoms with Gasteiger partial charge in [-0.1, -0.05) is 29.8 Å². The molecule has 4 heteroatoms. The lowest BCUT2D eigenvalue weighted by Gasteiger charge is -2.11. The first-order valence-corrected chi connectivity index (χ1v) is 6.82. The molecule has 2 aromatic rings. The number of hydrogen-bond acceptors (Lipinski definition) is 2. The Morgan fingerprint density at radius 2 is 2.00 bits per heavy atom. The van der Waals surface area contributed by atoms with Crippen LogP contribution in [0.1, 0.15) is 16.5 Å². The number of thiophene rings is 1. The summed E-state index contributed by atoms with van der Waals surface area (Å²) in [6, 6.07) is 11.4. The molecule has 1 heterocycles. The zero-order valence-electron chi connectivity index (χ0n) is 8.36. The standard InChI is InChI=1S/C12H10BrClOS/c13-12-6-5-8(16-12)7-11(15)9-3-1-2-4-10(9)14/h1-6,11,15H,7H2. The van der Waals surface area contributed by atoms with Crippen molar-refractivity contribution in [2.45, 2.75) is 12.5 Å². The molecule has 0 aliphatic rings. The van der Waals surface area contributed by atoms with Crippen LogP contribution in [0.4, 0.5) is 0 Å². The van der Waals surface area contributed by atoms with Crippen molar-refractivity contribution in [2.24, 2.45) is 0 Å². The summed E-state index contributed by atoms with van der Waals surface area (Å²) in [5, 5.41) is 10.7. The highest BCUT2D eigenvalue weighted by Gasteiger charge is 2.12. The zero-order chi connectivity index (χ0) is 11.5. The van der Waals surface area contributed by atoms with Gasteiger partial charge in [0.2, 0.25) is 0 Å². The lowest BCUT2D eigenvalue weighted by molar-refractivity contribution is 0.179. The van der Waals surface area contributed by atoms with E-state index in [0.29, 0.717) is 11.4 Å². The highest BCUT2D eigenvalue weighted by molar-refractivity contribution is 9.11. The summed E-state index contributed by atoms with van der Waals surface area (Å²) in [6.07, 6.45) is 0.0549. The van der Waals surface area contributed by atoms with Gasteiger partial charge < -0.3 is 5.11 Å². The highest BCUT2D eigenvalue weighted by Crippen LogP contribution is 2.29. The van der Waals surface area contributed by atoms with Gasteiger partial charge in [0.25, 0.3) is 0 Å². The Labute approximate surface area is 112 Å². The van der Waals surface area contributed by atoms with Crippen molar-refractivity contribution in [3.63, 3.8) is 0 Å². The van der Waals surface area contributed by atoms with E-state index in [1.165, 1.54) is 0 Å². The van der Waals surface area contributed by atoms with Crippen LogP contribution in [0.2, 0.25) is 5.02 Å². The van der Waals surface area contributed by atoms with Gasteiger partial charge in [-0.3, -0.25) is 0 Å². The Hall–Kier alpha value is -0.350. The molecule has 84 valence electrons. The minimum atomic E-state index is -0.542. The summed E-state index contributed by atoms with van der Waals surface area (Å²) in [7, 11) is 0. The van der Waals surface area contributed by atoms with Crippen LogP contribution in [-0.2, 0) is 6.42 Å². The van der Waals surface area contributed by atoms with E-state index in [1.54, 1.807) is 17.4 Å². The van der Waals surface area contributed by atoms with Gasteiger partial charge in [-0.2, -0.15) is 0 Å². The molecule has 1 atom stereocenters. The molecule has 0 saturated carbocycles. The van der Waals surface area contributed by atoms with Gasteiger partial charge in [0.15, 0.2) is 0 Å². The molecular formula is C12H10BrClOS. The van der Waals surface area contributed by atoms with Crippen LogP contribution in [0, 0.1) is 0 Å².